The highest BCUT2D eigenvalue weighted by Crippen LogP contribution is 2.34. The molecule has 25 heavy (non-hydrogen) atoms. The third-order valence-electron chi connectivity index (χ3n) is 5.30. The van der Waals surface area contributed by atoms with Crippen molar-refractivity contribution >= 4 is 16.6 Å². The molecule has 0 radical (unpaired) electrons. The van der Waals surface area contributed by atoms with Crippen LogP contribution in [-0.4, -0.2) is 27.9 Å². The Morgan fingerprint density at radius 1 is 1.20 bits per heavy atom. The van der Waals surface area contributed by atoms with Crippen LogP contribution in [0.2, 0.25) is 0 Å². The monoisotopic (exact) mass is 335 g/mol. The molecule has 0 aliphatic carbocycles. The maximum atomic E-state index is 10.7. The van der Waals surface area contributed by atoms with Gasteiger partial charge in [-0.05, 0) is 37.0 Å². The first-order valence-electron chi connectivity index (χ1n) is 8.70. The lowest BCUT2D eigenvalue weighted by molar-refractivity contribution is -0.384. The van der Waals surface area contributed by atoms with E-state index in [0.29, 0.717) is 6.04 Å². The minimum Gasteiger partial charge on any atom is -0.357 e. The summed E-state index contributed by atoms with van der Waals surface area (Å²) in [7, 11) is 0. The Hall–Kier alpha value is -2.66. The molecular weight excluding hydrogens is 314 g/mol. The summed E-state index contributed by atoms with van der Waals surface area (Å²) in [5, 5.41) is 12.1. The lowest BCUT2D eigenvalue weighted by Gasteiger charge is -2.33. The minimum atomic E-state index is -0.353. The van der Waals surface area contributed by atoms with Crippen LogP contribution in [0.4, 0.5) is 5.69 Å². The number of non-ortho nitro benzene ring substituents is 1. The number of nitrogens with zero attached hydrogens (tertiary/aromatic N) is 2. The average molecular weight is 335 g/mol. The zero-order valence-corrected chi connectivity index (χ0v) is 14.2. The van der Waals surface area contributed by atoms with Crippen molar-refractivity contribution in [3.8, 4) is 0 Å². The number of aromatic amines is 1. The number of H-pyrrole nitrogens is 1. The number of para-hydroxylation sites is 1. The normalized spacial score (nSPS) is 17.6. The van der Waals surface area contributed by atoms with Crippen LogP contribution in [0.15, 0.2) is 48.5 Å². The summed E-state index contributed by atoms with van der Waals surface area (Å²) in [6.07, 6.45) is 1.96. The number of benzene rings is 2. The van der Waals surface area contributed by atoms with Crippen molar-refractivity contribution in [1.82, 2.24) is 9.88 Å². The zero-order valence-electron chi connectivity index (χ0n) is 14.2. The summed E-state index contributed by atoms with van der Waals surface area (Å²) in [4.78, 5) is 16.5. The molecule has 0 saturated carbocycles. The van der Waals surface area contributed by atoms with E-state index in [2.05, 4.69) is 41.1 Å². The number of nitro benzene ring substituents is 1. The number of nitrogens with one attached hydrogen (secondary N) is 1. The number of hydrogen-bond donors (Lipinski definition) is 1. The molecule has 0 spiro atoms. The number of aromatic nitrogens is 1. The van der Waals surface area contributed by atoms with Crippen molar-refractivity contribution in [3.63, 3.8) is 0 Å². The van der Waals surface area contributed by atoms with Gasteiger partial charge in [0.25, 0.3) is 5.69 Å². The summed E-state index contributed by atoms with van der Waals surface area (Å²) in [5.74, 6) is 0. The molecule has 1 aliphatic rings. The van der Waals surface area contributed by atoms with E-state index in [1.807, 2.05) is 12.1 Å². The van der Waals surface area contributed by atoms with E-state index in [1.165, 1.54) is 22.2 Å². The quantitative estimate of drug-likeness (QED) is 0.573. The third kappa shape index (κ3) is 2.91. The van der Waals surface area contributed by atoms with E-state index in [1.54, 1.807) is 12.1 Å². The van der Waals surface area contributed by atoms with E-state index in [-0.39, 0.29) is 10.6 Å². The molecule has 3 aromatic rings. The Morgan fingerprint density at radius 2 is 1.96 bits per heavy atom. The fourth-order valence-electron chi connectivity index (χ4n) is 3.84. The first-order valence-corrected chi connectivity index (χ1v) is 8.70. The molecule has 0 amide bonds. The van der Waals surface area contributed by atoms with Crippen LogP contribution in [0.5, 0.6) is 0 Å². The van der Waals surface area contributed by atoms with Gasteiger partial charge >= 0.3 is 0 Å². The van der Waals surface area contributed by atoms with Crippen molar-refractivity contribution in [2.45, 2.75) is 25.8 Å². The van der Waals surface area contributed by atoms with Gasteiger partial charge in [0.1, 0.15) is 0 Å². The molecule has 1 N–H and O–H groups in total. The summed E-state index contributed by atoms with van der Waals surface area (Å²) >= 11 is 0. The predicted octanol–water partition coefficient (Wildman–Crippen LogP) is 4.24. The number of nitro groups is 1. The Bertz CT molecular complexity index is 914. The SMILES string of the molecule is CC1c2[nH]c3ccccc3c2CCN1CCc1ccc([N+](=O)[O-])cc1. The first kappa shape index (κ1) is 15.8. The highest BCUT2D eigenvalue weighted by molar-refractivity contribution is 5.85. The summed E-state index contributed by atoms with van der Waals surface area (Å²) in [6, 6.07) is 15.8. The molecular formula is C20H21N3O2. The standard InChI is InChI=1S/C20H21N3O2/c1-14-20-18(17-4-2-3-5-19(17)21-20)11-13-22(14)12-10-15-6-8-16(9-7-15)23(24)25/h2-9,14,21H,10-13H2,1H3. The van der Waals surface area contributed by atoms with Gasteiger partial charge in [0.15, 0.2) is 0 Å². The van der Waals surface area contributed by atoms with E-state index >= 15 is 0 Å². The molecule has 2 aromatic carbocycles. The highest BCUT2D eigenvalue weighted by Gasteiger charge is 2.26. The van der Waals surface area contributed by atoms with Gasteiger partial charge in [0.05, 0.1) is 4.92 Å². The molecule has 5 heteroatoms. The van der Waals surface area contributed by atoms with Crippen LogP contribution in [0.1, 0.15) is 29.8 Å². The molecule has 0 bridgehead atoms. The molecule has 5 nitrogen and oxygen atoms in total. The number of hydrogen-bond acceptors (Lipinski definition) is 3. The molecule has 1 aromatic heterocycles. The van der Waals surface area contributed by atoms with Crippen molar-refractivity contribution in [2.24, 2.45) is 0 Å². The number of rotatable bonds is 4. The average Bonchev–Trinajstić information content (AvgIpc) is 3.01. The minimum absolute atomic E-state index is 0.151. The van der Waals surface area contributed by atoms with Gasteiger partial charge in [0.2, 0.25) is 0 Å². The van der Waals surface area contributed by atoms with Gasteiger partial charge in [-0.2, -0.15) is 0 Å². The van der Waals surface area contributed by atoms with Crippen LogP contribution in [0, 0.1) is 10.1 Å². The van der Waals surface area contributed by atoms with Crippen LogP contribution >= 0.6 is 0 Å². The fraction of sp³-hybridized carbons (Fsp3) is 0.300. The van der Waals surface area contributed by atoms with Crippen LogP contribution in [0.25, 0.3) is 10.9 Å². The molecule has 2 heterocycles. The summed E-state index contributed by atoms with van der Waals surface area (Å²) in [5.41, 5.74) is 5.29. The largest absolute Gasteiger partial charge is 0.357 e. The Morgan fingerprint density at radius 3 is 2.72 bits per heavy atom. The highest BCUT2D eigenvalue weighted by atomic mass is 16.6. The second-order valence-corrected chi connectivity index (χ2v) is 6.70. The summed E-state index contributed by atoms with van der Waals surface area (Å²) < 4.78 is 0. The smallest absolute Gasteiger partial charge is 0.269 e. The Balaban J connectivity index is 1.48. The maximum Gasteiger partial charge on any atom is 0.269 e. The van der Waals surface area contributed by atoms with Crippen molar-refractivity contribution in [3.05, 3.63) is 75.5 Å². The zero-order chi connectivity index (χ0) is 17.4. The third-order valence-corrected chi connectivity index (χ3v) is 5.30. The van der Waals surface area contributed by atoms with Crippen molar-refractivity contribution in [1.29, 1.82) is 0 Å². The van der Waals surface area contributed by atoms with Gasteiger partial charge in [-0.1, -0.05) is 30.3 Å². The number of fused-ring (bicyclic) bond motifs is 3. The molecule has 1 aliphatic heterocycles. The molecule has 0 fully saturated rings. The molecule has 1 atom stereocenters. The van der Waals surface area contributed by atoms with Crippen LogP contribution in [-0.2, 0) is 12.8 Å². The lowest BCUT2D eigenvalue weighted by atomic mass is 9.97. The van der Waals surface area contributed by atoms with E-state index in [9.17, 15) is 10.1 Å². The predicted molar refractivity (Wildman–Crippen MR) is 98.8 cm³/mol. The van der Waals surface area contributed by atoms with Gasteiger partial charge in [-0.15, -0.1) is 0 Å². The second kappa shape index (κ2) is 6.33. The Labute approximate surface area is 146 Å². The molecule has 1 unspecified atom stereocenters. The molecule has 4 rings (SSSR count). The van der Waals surface area contributed by atoms with E-state index in [0.717, 1.165) is 31.5 Å². The van der Waals surface area contributed by atoms with Gasteiger partial charge in [-0.25, -0.2) is 0 Å². The van der Waals surface area contributed by atoms with Crippen LogP contribution in [0.3, 0.4) is 0 Å². The first-order chi connectivity index (χ1) is 12.1. The van der Waals surface area contributed by atoms with Crippen molar-refractivity contribution in [2.75, 3.05) is 13.1 Å². The topological polar surface area (TPSA) is 62.2 Å². The van der Waals surface area contributed by atoms with Crippen molar-refractivity contribution < 1.29 is 4.92 Å². The summed E-state index contributed by atoms with van der Waals surface area (Å²) in [6.45, 7) is 4.25. The van der Waals surface area contributed by atoms with E-state index in [4.69, 9.17) is 0 Å². The molecule has 0 saturated heterocycles. The van der Waals surface area contributed by atoms with Gasteiger partial charge in [-0.3, -0.25) is 15.0 Å². The van der Waals surface area contributed by atoms with Gasteiger partial charge in [0, 0.05) is 47.9 Å². The lowest BCUT2D eigenvalue weighted by Crippen LogP contribution is -2.35. The maximum absolute atomic E-state index is 10.7. The van der Waals surface area contributed by atoms with E-state index < -0.39 is 0 Å². The van der Waals surface area contributed by atoms with Crippen LogP contribution < -0.4 is 0 Å². The second-order valence-electron chi connectivity index (χ2n) is 6.70. The Kier molecular flexibility index (Phi) is 4.01. The fourth-order valence-corrected chi connectivity index (χ4v) is 3.84. The molecule has 128 valence electrons. The van der Waals surface area contributed by atoms with Gasteiger partial charge < -0.3 is 4.98 Å².